The molecule has 0 aliphatic heterocycles. The SMILES string of the molecule is CCOc1ccccc1CS(=O)(=O)Cc1coc(-c2cccc(Cl)c2)n1. The summed E-state index contributed by atoms with van der Waals surface area (Å²) < 4.78 is 36.0. The Morgan fingerprint density at radius 1 is 1.12 bits per heavy atom. The van der Waals surface area contributed by atoms with Crippen molar-refractivity contribution in [3.05, 3.63) is 71.1 Å². The van der Waals surface area contributed by atoms with Crippen molar-refractivity contribution < 1.29 is 17.6 Å². The zero-order valence-corrected chi connectivity index (χ0v) is 15.8. The van der Waals surface area contributed by atoms with Gasteiger partial charge in [-0.2, -0.15) is 0 Å². The molecule has 7 heteroatoms. The van der Waals surface area contributed by atoms with E-state index in [0.717, 1.165) is 0 Å². The summed E-state index contributed by atoms with van der Waals surface area (Å²) in [6, 6.07) is 14.2. The largest absolute Gasteiger partial charge is 0.494 e. The average Bonchev–Trinajstić information content (AvgIpc) is 3.04. The van der Waals surface area contributed by atoms with Crippen molar-refractivity contribution in [1.29, 1.82) is 0 Å². The summed E-state index contributed by atoms with van der Waals surface area (Å²) in [5.74, 6) is 0.589. The fourth-order valence-electron chi connectivity index (χ4n) is 2.56. The summed E-state index contributed by atoms with van der Waals surface area (Å²) in [5.41, 5.74) is 1.68. The molecular formula is C19H18ClNO4S. The van der Waals surface area contributed by atoms with Crippen LogP contribution in [0.4, 0.5) is 0 Å². The minimum absolute atomic E-state index is 0.122. The first-order chi connectivity index (χ1) is 12.5. The molecule has 0 aliphatic carbocycles. The number of sulfone groups is 1. The number of para-hydroxylation sites is 1. The molecular weight excluding hydrogens is 374 g/mol. The molecule has 1 heterocycles. The fraction of sp³-hybridized carbons (Fsp3) is 0.211. The second-order valence-corrected chi connectivity index (χ2v) is 8.23. The molecule has 2 aromatic carbocycles. The summed E-state index contributed by atoms with van der Waals surface area (Å²) >= 11 is 5.96. The molecule has 0 fully saturated rings. The van der Waals surface area contributed by atoms with E-state index in [0.29, 0.717) is 40.1 Å². The van der Waals surface area contributed by atoms with E-state index in [1.54, 1.807) is 42.5 Å². The van der Waals surface area contributed by atoms with Crippen LogP contribution in [0.5, 0.6) is 5.75 Å². The van der Waals surface area contributed by atoms with Crippen molar-refractivity contribution in [2.24, 2.45) is 0 Å². The van der Waals surface area contributed by atoms with Crippen LogP contribution in [0.3, 0.4) is 0 Å². The van der Waals surface area contributed by atoms with E-state index < -0.39 is 9.84 Å². The number of hydrogen-bond acceptors (Lipinski definition) is 5. The standard InChI is InChI=1S/C19H18ClNO4S/c1-2-24-18-9-4-3-6-15(18)12-26(22,23)13-17-11-25-19(21-17)14-7-5-8-16(20)10-14/h3-11H,2,12-13H2,1H3. The lowest BCUT2D eigenvalue weighted by Gasteiger charge is -2.09. The van der Waals surface area contributed by atoms with Gasteiger partial charge < -0.3 is 9.15 Å². The molecule has 0 unspecified atom stereocenters. The highest BCUT2D eigenvalue weighted by Crippen LogP contribution is 2.25. The van der Waals surface area contributed by atoms with E-state index in [4.69, 9.17) is 20.8 Å². The van der Waals surface area contributed by atoms with Crippen molar-refractivity contribution in [2.75, 3.05) is 6.61 Å². The first kappa shape index (κ1) is 18.5. The zero-order chi connectivity index (χ0) is 18.6. The van der Waals surface area contributed by atoms with Crippen LogP contribution in [0.1, 0.15) is 18.2 Å². The molecule has 0 saturated heterocycles. The summed E-state index contributed by atoms with van der Waals surface area (Å²) in [7, 11) is -3.43. The predicted molar refractivity (Wildman–Crippen MR) is 101 cm³/mol. The Balaban J connectivity index is 1.76. The van der Waals surface area contributed by atoms with E-state index >= 15 is 0 Å². The summed E-state index contributed by atoms with van der Waals surface area (Å²) in [6.45, 7) is 2.33. The third kappa shape index (κ3) is 4.65. The molecule has 3 rings (SSSR count). The van der Waals surface area contributed by atoms with Gasteiger partial charge in [0.1, 0.15) is 12.0 Å². The van der Waals surface area contributed by atoms with Gasteiger partial charge in [0.2, 0.25) is 5.89 Å². The molecule has 0 radical (unpaired) electrons. The fourth-order valence-corrected chi connectivity index (χ4v) is 4.15. The van der Waals surface area contributed by atoms with Gasteiger partial charge in [0, 0.05) is 16.1 Å². The molecule has 26 heavy (non-hydrogen) atoms. The van der Waals surface area contributed by atoms with Gasteiger partial charge in [-0.25, -0.2) is 13.4 Å². The number of benzene rings is 2. The van der Waals surface area contributed by atoms with Gasteiger partial charge in [-0.05, 0) is 31.2 Å². The molecule has 136 valence electrons. The van der Waals surface area contributed by atoms with Gasteiger partial charge in [0.15, 0.2) is 9.84 Å². The molecule has 1 aromatic heterocycles. The number of halogens is 1. The van der Waals surface area contributed by atoms with E-state index in [1.807, 2.05) is 13.0 Å². The number of rotatable bonds is 7. The maximum atomic E-state index is 12.6. The Morgan fingerprint density at radius 3 is 2.69 bits per heavy atom. The molecule has 5 nitrogen and oxygen atoms in total. The van der Waals surface area contributed by atoms with Gasteiger partial charge in [-0.3, -0.25) is 0 Å². The van der Waals surface area contributed by atoms with Crippen LogP contribution in [0.2, 0.25) is 5.02 Å². The lowest BCUT2D eigenvalue weighted by molar-refractivity contribution is 0.337. The van der Waals surface area contributed by atoms with Crippen LogP contribution in [-0.4, -0.2) is 20.0 Å². The Hall–Kier alpha value is -2.31. The third-order valence-electron chi connectivity index (χ3n) is 3.64. The zero-order valence-electron chi connectivity index (χ0n) is 14.2. The number of ether oxygens (including phenoxy) is 1. The topological polar surface area (TPSA) is 69.4 Å². The van der Waals surface area contributed by atoms with Crippen molar-refractivity contribution in [1.82, 2.24) is 4.98 Å². The van der Waals surface area contributed by atoms with Crippen molar-refractivity contribution in [3.8, 4) is 17.2 Å². The highest BCUT2D eigenvalue weighted by molar-refractivity contribution is 7.89. The summed E-state index contributed by atoms with van der Waals surface area (Å²) in [6.07, 6.45) is 1.36. The third-order valence-corrected chi connectivity index (χ3v) is 5.36. The van der Waals surface area contributed by atoms with Crippen LogP contribution in [0, 0.1) is 0 Å². The molecule has 0 atom stereocenters. The first-order valence-electron chi connectivity index (χ1n) is 8.08. The Labute approximate surface area is 157 Å². The van der Waals surface area contributed by atoms with E-state index in [2.05, 4.69) is 4.98 Å². The molecule has 0 spiro atoms. The minimum Gasteiger partial charge on any atom is -0.494 e. The second-order valence-electron chi connectivity index (χ2n) is 5.73. The quantitative estimate of drug-likeness (QED) is 0.592. The van der Waals surface area contributed by atoms with Crippen LogP contribution in [0.25, 0.3) is 11.5 Å². The Kier molecular flexibility index (Phi) is 5.64. The van der Waals surface area contributed by atoms with Crippen LogP contribution < -0.4 is 4.74 Å². The maximum absolute atomic E-state index is 12.6. The highest BCUT2D eigenvalue weighted by Gasteiger charge is 2.19. The summed E-state index contributed by atoms with van der Waals surface area (Å²) in [4.78, 5) is 4.27. The van der Waals surface area contributed by atoms with Gasteiger partial charge >= 0.3 is 0 Å². The number of oxazole rings is 1. The normalized spacial score (nSPS) is 11.5. The average molecular weight is 392 g/mol. The lowest BCUT2D eigenvalue weighted by atomic mass is 10.2. The van der Waals surface area contributed by atoms with Crippen molar-refractivity contribution in [3.63, 3.8) is 0 Å². The van der Waals surface area contributed by atoms with Crippen LogP contribution >= 0.6 is 11.6 Å². The van der Waals surface area contributed by atoms with Crippen molar-refractivity contribution >= 4 is 21.4 Å². The smallest absolute Gasteiger partial charge is 0.226 e. The highest BCUT2D eigenvalue weighted by atomic mass is 35.5. The molecule has 0 amide bonds. The molecule has 0 aliphatic rings. The number of aromatic nitrogens is 1. The monoisotopic (exact) mass is 391 g/mol. The van der Waals surface area contributed by atoms with Gasteiger partial charge in [-0.1, -0.05) is 35.9 Å². The van der Waals surface area contributed by atoms with E-state index in [-0.39, 0.29) is 11.5 Å². The summed E-state index contributed by atoms with van der Waals surface area (Å²) in [5, 5.41) is 0.558. The van der Waals surface area contributed by atoms with Gasteiger partial charge in [0.25, 0.3) is 0 Å². The minimum atomic E-state index is -3.43. The Morgan fingerprint density at radius 2 is 1.92 bits per heavy atom. The van der Waals surface area contributed by atoms with Crippen LogP contribution in [-0.2, 0) is 21.3 Å². The maximum Gasteiger partial charge on any atom is 0.226 e. The molecule has 3 aromatic rings. The second kappa shape index (κ2) is 7.93. The lowest BCUT2D eigenvalue weighted by Crippen LogP contribution is -2.09. The van der Waals surface area contributed by atoms with Gasteiger partial charge in [-0.15, -0.1) is 0 Å². The first-order valence-corrected chi connectivity index (χ1v) is 10.3. The molecule has 0 N–H and O–H groups in total. The number of nitrogens with zero attached hydrogens (tertiary/aromatic N) is 1. The van der Waals surface area contributed by atoms with Crippen molar-refractivity contribution in [2.45, 2.75) is 18.4 Å². The van der Waals surface area contributed by atoms with Gasteiger partial charge in [0.05, 0.1) is 23.8 Å². The molecule has 0 bridgehead atoms. The Bertz CT molecular complexity index is 998. The molecule has 0 saturated carbocycles. The number of hydrogen-bond donors (Lipinski definition) is 0. The predicted octanol–water partition coefficient (Wildman–Crippen LogP) is 4.51. The van der Waals surface area contributed by atoms with E-state index in [1.165, 1.54) is 6.26 Å². The van der Waals surface area contributed by atoms with Crippen LogP contribution in [0.15, 0.2) is 59.2 Å². The van der Waals surface area contributed by atoms with E-state index in [9.17, 15) is 8.42 Å².